The summed E-state index contributed by atoms with van der Waals surface area (Å²) in [6.45, 7) is 3.54. The van der Waals surface area contributed by atoms with Crippen molar-refractivity contribution in [1.29, 1.82) is 0 Å². The van der Waals surface area contributed by atoms with Gasteiger partial charge >= 0.3 is 5.97 Å². The fourth-order valence-electron chi connectivity index (χ4n) is 1.00. The predicted octanol–water partition coefficient (Wildman–Crippen LogP) is 0.384. The average Bonchev–Trinajstić information content (AvgIpc) is 2.31. The van der Waals surface area contributed by atoms with E-state index in [9.17, 15) is 9.59 Å². The van der Waals surface area contributed by atoms with Crippen LogP contribution in [0.2, 0.25) is 0 Å². The molecule has 0 amide bonds. The van der Waals surface area contributed by atoms with E-state index >= 15 is 0 Å². The van der Waals surface area contributed by atoms with Crippen LogP contribution in [0.4, 0.5) is 0 Å². The van der Waals surface area contributed by atoms with Gasteiger partial charge in [-0.05, 0) is 5.92 Å². The summed E-state index contributed by atoms with van der Waals surface area (Å²) in [6, 6.07) is 1.42. The monoisotopic (exact) mass is 184 g/mol. The van der Waals surface area contributed by atoms with Crippen molar-refractivity contribution in [3.05, 3.63) is 22.1 Å². The van der Waals surface area contributed by atoms with Gasteiger partial charge < -0.3 is 5.11 Å². The lowest BCUT2D eigenvalue weighted by molar-refractivity contribution is -0.137. The molecule has 5 heteroatoms. The standard InChI is InChI=1S/C8H12N2O3/c1-5(2)6-3-7(11)10(9-6)4-8(12)13/h3,5,9H,4H2,1-2H3,(H,12,13). The maximum absolute atomic E-state index is 11.1. The minimum absolute atomic E-state index is 0.197. The summed E-state index contributed by atoms with van der Waals surface area (Å²) >= 11 is 0. The summed E-state index contributed by atoms with van der Waals surface area (Å²) in [4.78, 5) is 21.5. The fraction of sp³-hybridized carbons (Fsp3) is 0.500. The first-order chi connectivity index (χ1) is 6.00. The van der Waals surface area contributed by atoms with Crippen LogP contribution in [0.3, 0.4) is 0 Å². The van der Waals surface area contributed by atoms with Gasteiger partial charge in [0.2, 0.25) is 0 Å². The molecule has 72 valence electrons. The second-order valence-electron chi connectivity index (χ2n) is 3.18. The minimum atomic E-state index is -1.03. The van der Waals surface area contributed by atoms with Gasteiger partial charge in [-0.25, -0.2) is 4.68 Å². The molecular formula is C8H12N2O3. The number of aromatic amines is 1. The van der Waals surface area contributed by atoms with E-state index in [2.05, 4.69) is 5.10 Å². The maximum atomic E-state index is 11.1. The largest absolute Gasteiger partial charge is 0.480 e. The van der Waals surface area contributed by atoms with Crippen molar-refractivity contribution >= 4 is 5.97 Å². The molecule has 0 bridgehead atoms. The zero-order chi connectivity index (χ0) is 10.0. The van der Waals surface area contributed by atoms with Crippen molar-refractivity contribution in [1.82, 2.24) is 9.78 Å². The first-order valence-corrected chi connectivity index (χ1v) is 4.02. The van der Waals surface area contributed by atoms with Gasteiger partial charge in [0.1, 0.15) is 6.54 Å². The molecule has 0 atom stereocenters. The zero-order valence-electron chi connectivity index (χ0n) is 7.57. The number of aromatic nitrogens is 2. The number of carboxylic acid groups (broad SMARTS) is 1. The predicted molar refractivity (Wildman–Crippen MR) is 46.8 cm³/mol. The lowest BCUT2D eigenvalue weighted by atomic mass is 10.1. The van der Waals surface area contributed by atoms with E-state index in [4.69, 9.17) is 5.11 Å². The lowest BCUT2D eigenvalue weighted by Crippen LogP contribution is -2.20. The molecule has 0 spiro atoms. The summed E-state index contributed by atoms with van der Waals surface area (Å²) in [7, 11) is 0. The first-order valence-electron chi connectivity index (χ1n) is 4.02. The number of rotatable bonds is 3. The van der Waals surface area contributed by atoms with Crippen LogP contribution in [-0.2, 0) is 11.3 Å². The Balaban J connectivity index is 2.97. The van der Waals surface area contributed by atoms with E-state index in [1.54, 1.807) is 0 Å². The molecule has 0 aromatic carbocycles. The van der Waals surface area contributed by atoms with Crippen molar-refractivity contribution in [2.75, 3.05) is 0 Å². The number of hydrogen-bond donors (Lipinski definition) is 2. The number of carboxylic acids is 1. The van der Waals surface area contributed by atoms with Crippen molar-refractivity contribution in [3.63, 3.8) is 0 Å². The van der Waals surface area contributed by atoms with E-state index < -0.39 is 5.97 Å². The average molecular weight is 184 g/mol. The van der Waals surface area contributed by atoms with Crippen LogP contribution >= 0.6 is 0 Å². The summed E-state index contributed by atoms with van der Waals surface area (Å²) in [5, 5.41) is 11.2. The molecule has 1 heterocycles. The number of aliphatic carboxylic acids is 1. The smallest absolute Gasteiger partial charge is 0.325 e. The number of nitrogens with zero attached hydrogens (tertiary/aromatic N) is 1. The van der Waals surface area contributed by atoms with Gasteiger partial charge in [-0.1, -0.05) is 13.8 Å². The van der Waals surface area contributed by atoms with E-state index in [1.807, 2.05) is 13.8 Å². The van der Waals surface area contributed by atoms with E-state index in [0.29, 0.717) is 0 Å². The van der Waals surface area contributed by atoms with Gasteiger partial charge in [-0.2, -0.15) is 0 Å². The van der Waals surface area contributed by atoms with Gasteiger partial charge in [0, 0.05) is 11.8 Å². The molecule has 1 aromatic heterocycles. The molecule has 0 aliphatic rings. The molecular weight excluding hydrogens is 172 g/mol. The molecule has 5 nitrogen and oxygen atoms in total. The van der Waals surface area contributed by atoms with Gasteiger partial charge in [-0.15, -0.1) is 0 Å². The van der Waals surface area contributed by atoms with E-state index in [1.165, 1.54) is 6.07 Å². The third kappa shape index (κ3) is 2.21. The van der Waals surface area contributed by atoms with Crippen molar-refractivity contribution < 1.29 is 9.90 Å². The fourth-order valence-corrected chi connectivity index (χ4v) is 1.00. The topological polar surface area (TPSA) is 75.1 Å². The summed E-state index contributed by atoms with van der Waals surface area (Å²) in [6.07, 6.45) is 0. The van der Waals surface area contributed by atoms with Crippen LogP contribution in [0.1, 0.15) is 25.5 Å². The maximum Gasteiger partial charge on any atom is 0.325 e. The molecule has 0 saturated heterocycles. The Morgan fingerprint density at radius 1 is 1.69 bits per heavy atom. The Morgan fingerprint density at radius 2 is 2.31 bits per heavy atom. The number of nitrogens with one attached hydrogen (secondary N) is 1. The van der Waals surface area contributed by atoms with Crippen molar-refractivity contribution in [2.45, 2.75) is 26.3 Å². The Labute approximate surface area is 75.0 Å². The third-order valence-corrected chi connectivity index (χ3v) is 1.72. The van der Waals surface area contributed by atoms with Gasteiger partial charge in [0.15, 0.2) is 0 Å². The van der Waals surface area contributed by atoms with E-state index in [0.717, 1.165) is 10.4 Å². The normalized spacial score (nSPS) is 10.7. The molecule has 13 heavy (non-hydrogen) atoms. The second-order valence-corrected chi connectivity index (χ2v) is 3.18. The Hall–Kier alpha value is -1.52. The van der Waals surface area contributed by atoms with Crippen LogP contribution in [0.15, 0.2) is 10.9 Å². The molecule has 0 aliphatic carbocycles. The van der Waals surface area contributed by atoms with Crippen molar-refractivity contribution in [2.24, 2.45) is 0 Å². The van der Waals surface area contributed by atoms with Crippen LogP contribution in [0, 0.1) is 0 Å². The molecule has 1 aromatic rings. The van der Waals surface area contributed by atoms with Crippen LogP contribution < -0.4 is 5.56 Å². The highest BCUT2D eigenvalue weighted by Crippen LogP contribution is 2.07. The first kappa shape index (κ1) is 9.57. The summed E-state index contributed by atoms with van der Waals surface area (Å²) < 4.78 is 1.08. The Kier molecular flexibility index (Phi) is 2.55. The van der Waals surface area contributed by atoms with Crippen LogP contribution in [-0.4, -0.2) is 20.9 Å². The molecule has 0 saturated carbocycles. The Bertz CT molecular complexity index is 362. The minimum Gasteiger partial charge on any atom is -0.480 e. The molecule has 1 rings (SSSR count). The number of hydrogen-bond acceptors (Lipinski definition) is 2. The van der Waals surface area contributed by atoms with E-state index in [-0.39, 0.29) is 18.0 Å². The number of carbonyl (C=O) groups is 1. The highest BCUT2D eigenvalue weighted by Gasteiger charge is 2.08. The lowest BCUT2D eigenvalue weighted by Gasteiger charge is -2.00. The SMILES string of the molecule is CC(C)c1cc(=O)n(CC(=O)O)[nH]1. The highest BCUT2D eigenvalue weighted by atomic mass is 16.4. The quantitative estimate of drug-likeness (QED) is 0.713. The van der Waals surface area contributed by atoms with Gasteiger partial charge in [0.05, 0.1) is 0 Å². The van der Waals surface area contributed by atoms with Crippen LogP contribution in [0.5, 0.6) is 0 Å². The Morgan fingerprint density at radius 3 is 2.69 bits per heavy atom. The molecule has 0 unspecified atom stereocenters. The molecule has 0 radical (unpaired) electrons. The van der Waals surface area contributed by atoms with Crippen LogP contribution in [0.25, 0.3) is 0 Å². The molecule has 0 fully saturated rings. The zero-order valence-corrected chi connectivity index (χ0v) is 7.57. The second kappa shape index (κ2) is 3.47. The third-order valence-electron chi connectivity index (χ3n) is 1.72. The highest BCUT2D eigenvalue weighted by molar-refractivity contribution is 5.66. The number of H-pyrrole nitrogens is 1. The van der Waals surface area contributed by atoms with Crippen molar-refractivity contribution in [3.8, 4) is 0 Å². The summed E-state index contributed by atoms with van der Waals surface area (Å²) in [5.74, 6) is -0.831. The molecule has 0 aliphatic heterocycles. The van der Waals surface area contributed by atoms with Gasteiger partial charge in [0.25, 0.3) is 5.56 Å². The van der Waals surface area contributed by atoms with Gasteiger partial charge in [-0.3, -0.25) is 14.7 Å². The molecule has 2 N–H and O–H groups in total. The summed E-state index contributed by atoms with van der Waals surface area (Å²) in [5.41, 5.74) is 0.456.